The Bertz CT molecular complexity index is 1540. The standard InChI is InChI=1S/C33H29ClN2O3S/c1-3-38-30-20-24(18-19-29(30)39-22-26-14-10-11-17-28(26)34)21-31-32(37)36(23(2)25-12-6-4-7-13-25)33(40-31)35-27-15-8-5-9-16-27/h4-21,23H,3,22H2,1-2H3/b31-21+,35-33?/t23-/m0/s1. The van der Waals surface area contributed by atoms with Gasteiger partial charge in [0.2, 0.25) is 0 Å². The van der Waals surface area contributed by atoms with Gasteiger partial charge in [-0.05, 0) is 73.1 Å². The summed E-state index contributed by atoms with van der Waals surface area (Å²) in [5.74, 6) is 1.13. The maximum atomic E-state index is 13.8. The van der Waals surface area contributed by atoms with Crippen molar-refractivity contribution >= 4 is 46.2 Å². The van der Waals surface area contributed by atoms with Crippen LogP contribution in [0.2, 0.25) is 5.02 Å². The summed E-state index contributed by atoms with van der Waals surface area (Å²) in [6.07, 6.45) is 1.88. The molecule has 7 heteroatoms. The van der Waals surface area contributed by atoms with Gasteiger partial charge in [0.15, 0.2) is 16.7 Å². The van der Waals surface area contributed by atoms with Gasteiger partial charge in [-0.1, -0.05) is 84.4 Å². The zero-order chi connectivity index (χ0) is 27.9. The molecular weight excluding hydrogens is 540 g/mol. The normalized spacial score (nSPS) is 16.0. The Balaban J connectivity index is 1.45. The molecule has 5 nitrogen and oxygen atoms in total. The van der Waals surface area contributed by atoms with E-state index in [-0.39, 0.29) is 11.9 Å². The lowest BCUT2D eigenvalue weighted by atomic mass is 10.1. The quantitative estimate of drug-likeness (QED) is 0.189. The van der Waals surface area contributed by atoms with Crippen LogP contribution in [-0.2, 0) is 11.4 Å². The smallest absolute Gasteiger partial charge is 0.267 e. The Morgan fingerprint density at radius 2 is 1.60 bits per heavy atom. The number of hydrogen-bond acceptors (Lipinski definition) is 5. The summed E-state index contributed by atoms with van der Waals surface area (Å²) < 4.78 is 11.9. The van der Waals surface area contributed by atoms with Crippen LogP contribution in [-0.4, -0.2) is 22.6 Å². The number of hydrogen-bond donors (Lipinski definition) is 0. The van der Waals surface area contributed by atoms with Crippen molar-refractivity contribution in [2.24, 2.45) is 4.99 Å². The van der Waals surface area contributed by atoms with E-state index in [2.05, 4.69) is 0 Å². The summed E-state index contributed by atoms with van der Waals surface area (Å²) in [7, 11) is 0. The second kappa shape index (κ2) is 12.9. The second-order valence-corrected chi connectivity index (χ2v) is 10.5. The lowest BCUT2D eigenvalue weighted by Gasteiger charge is -2.24. The molecule has 1 aliphatic rings. The van der Waals surface area contributed by atoms with E-state index in [1.807, 2.05) is 123 Å². The fraction of sp³-hybridized carbons (Fsp3) is 0.152. The van der Waals surface area contributed by atoms with E-state index in [0.717, 1.165) is 22.4 Å². The van der Waals surface area contributed by atoms with E-state index in [1.54, 1.807) is 4.90 Å². The number of rotatable bonds is 9. The van der Waals surface area contributed by atoms with Gasteiger partial charge in [0.1, 0.15) is 6.61 Å². The Kier molecular flexibility index (Phi) is 8.89. The topological polar surface area (TPSA) is 51.1 Å². The third kappa shape index (κ3) is 6.41. The first-order valence-corrected chi connectivity index (χ1v) is 14.3. The minimum absolute atomic E-state index is 0.0898. The summed E-state index contributed by atoms with van der Waals surface area (Å²) in [4.78, 5) is 21.0. The number of amides is 1. The molecule has 5 rings (SSSR count). The van der Waals surface area contributed by atoms with Gasteiger partial charge in [-0.3, -0.25) is 9.69 Å². The molecule has 40 heavy (non-hydrogen) atoms. The number of thioether (sulfide) groups is 1. The molecule has 1 heterocycles. The molecule has 0 bridgehead atoms. The molecule has 1 aliphatic heterocycles. The second-order valence-electron chi connectivity index (χ2n) is 9.12. The van der Waals surface area contributed by atoms with Crippen molar-refractivity contribution in [3.05, 3.63) is 130 Å². The van der Waals surface area contributed by atoms with Gasteiger partial charge in [0.05, 0.1) is 23.2 Å². The maximum absolute atomic E-state index is 13.8. The van der Waals surface area contributed by atoms with E-state index in [1.165, 1.54) is 11.8 Å². The molecule has 4 aromatic carbocycles. The molecule has 1 amide bonds. The minimum Gasteiger partial charge on any atom is -0.490 e. The minimum atomic E-state index is -0.186. The van der Waals surface area contributed by atoms with Crippen LogP contribution in [0, 0.1) is 0 Å². The third-order valence-electron chi connectivity index (χ3n) is 6.39. The number of benzene rings is 4. The Morgan fingerprint density at radius 1 is 0.900 bits per heavy atom. The number of carbonyl (C=O) groups excluding carboxylic acids is 1. The van der Waals surface area contributed by atoms with Crippen molar-refractivity contribution in [2.75, 3.05) is 6.61 Å². The van der Waals surface area contributed by atoms with E-state index in [9.17, 15) is 4.79 Å². The largest absolute Gasteiger partial charge is 0.490 e. The van der Waals surface area contributed by atoms with Gasteiger partial charge in [-0.2, -0.15) is 0 Å². The SMILES string of the molecule is CCOc1cc(/C=C2/SC(=Nc3ccccc3)N([C@@H](C)c3ccccc3)C2=O)ccc1OCc1ccccc1Cl. The molecule has 0 N–H and O–H groups in total. The van der Waals surface area contributed by atoms with Crippen molar-refractivity contribution in [1.82, 2.24) is 4.90 Å². The van der Waals surface area contributed by atoms with Gasteiger partial charge in [-0.25, -0.2) is 4.99 Å². The van der Waals surface area contributed by atoms with Gasteiger partial charge >= 0.3 is 0 Å². The number of carbonyl (C=O) groups is 1. The van der Waals surface area contributed by atoms with Crippen LogP contribution in [0.1, 0.15) is 36.6 Å². The molecule has 0 saturated carbocycles. The van der Waals surface area contributed by atoms with Crippen LogP contribution >= 0.6 is 23.4 Å². The Hall–Kier alpha value is -4.00. The zero-order valence-electron chi connectivity index (χ0n) is 22.3. The number of para-hydroxylation sites is 1. The summed E-state index contributed by atoms with van der Waals surface area (Å²) in [6, 6.07) is 32.8. The summed E-state index contributed by atoms with van der Waals surface area (Å²) in [6.45, 7) is 4.75. The Morgan fingerprint density at radius 3 is 2.33 bits per heavy atom. The molecule has 1 fully saturated rings. The van der Waals surface area contributed by atoms with Crippen LogP contribution in [0.3, 0.4) is 0 Å². The monoisotopic (exact) mass is 568 g/mol. The highest BCUT2D eigenvalue weighted by Crippen LogP contribution is 2.40. The molecule has 0 aromatic heterocycles. The van der Waals surface area contributed by atoms with Crippen LogP contribution in [0.25, 0.3) is 6.08 Å². The first-order chi connectivity index (χ1) is 19.5. The molecular formula is C33H29ClN2O3S. The lowest BCUT2D eigenvalue weighted by molar-refractivity contribution is -0.123. The van der Waals surface area contributed by atoms with Crippen molar-refractivity contribution in [3.63, 3.8) is 0 Å². The number of amidine groups is 1. The molecule has 1 atom stereocenters. The summed E-state index contributed by atoms with van der Waals surface area (Å²) in [5, 5.41) is 1.30. The fourth-order valence-electron chi connectivity index (χ4n) is 4.32. The molecule has 4 aromatic rings. The predicted molar refractivity (Wildman–Crippen MR) is 164 cm³/mol. The highest BCUT2D eigenvalue weighted by atomic mass is 35.5. The number of halogens is 1. The molecule has 0 spiro atoms. The predicted octanol–water partition coefficient (Wildman–Crippen LogP) is 8.68. The van der Waals surface area contributed by atoms with Crippen LogP contribution in [0.15, 0.2) is 113 Å². The highest BCUT2D eigenvalue weighted by molar-refractivity contribution is 8.18. The first-order valence-electron chi connectivity index (χ1n) is 13.1. The van der Waals surface area contributed by atoms with Gasteiger partial charge in [0.25, 0.3) is 5.91 Å². The zero-order valence-corrected chi connectivity index (χ0v) is 23.9. The summed E-state index contributed by atoms with van der Waals surface area (Å²) >= 11 is 7.67. The van der Waals surface area contributed by atoms with E-state index < -0.39 is 0 Å². The molecule has 0 unspecified atom stereocenters. The van der Waals surface area contributed by atoms with Gasteiger partial charge in [0, 0.05) is 10.6 Å². The molecule has 0 radical (unpaired) electrons. The first kappa shape index (κ1) is 27.6. The van der Waals surface area contributed by atoms with E-state index >= 15 is 0 Å². The van der Waals surface area contributed by atoms with Crippen LogP contribution < -0.4 is 9.47 Å². The summed E-state index contributed by atoms with van der Waals surface area (Å²) in [5.41, 5.74) is 3.56. The average Bonchev–Trinajstić information content (AvgIpc) is 3.27. The van der Waals surface area contributed by atoms with Gasteiger partial charge in [-0.15, -0.1) is 0 Å². The van der Waals surface area contributed by atoms with Crippen LogP contribution in [0.4, 0.5) is 5.69 Å². The molecule has 0 aliphatic carbocycles. The van der Waals surface area contributed by atoms with Crippen molar-refractivity contribution in [2.45, 2.75) is 26.5 Å². The number of ether oxygens (including phenoxy) is 2. The lowest BCUT2D eigenvalue weighted by Crippen LogP contribution is -2.32. The Labute approximate surface area is 244 Å². The highest BCUT2D eigenvalue weighted by Gasteiger charge is 2.37. The fourth-order valence-corrected chi connectivity index (χ4v) is 5.58. The number of aliphatic imine (C=N–C) groups is 1. The van der Waals surface area contributed by atoms with E-state index in [0.29, 0.717) is 39.8 Å². The van der Waals surface area contributed by atoms with Crippen molar-refractivity contribution < 1.29 is 14.3 Å². The maximum Gasteiger partial charge on any atom is 0.267 e. The molecule has 202 valence electrons. The average molecular weight is 569 g/mol. The molecule has 1 saturated heterocycles. The van der Waals surface area contributed by atoms with Crippen molar-refractivity contribution in [1.29, 1.82) is 0 Å². The third-order valence-corrected chi connectivity index (χ3v) is 7.75. The number of nitrogens with zero attached hydrogens (tertiary/aromatic N) is 2. The van der Waals surface area contributed by atoms with E-state index in [4.69, 9.17) is 26.1 Å². The van der Waals surface area contributed by atoms with Gasteiger partial charge < -0.3 is 9.47 Å². The van der Waals surface area contributed by atoms with Crippen LogP contribution in [0.5, 0.6) is 11.5 Å². The van der Waals surface area contributed by atoms with Crippen molar-refractivity contribution in [3.8, 4) is 11.5 Å².